The van der Waals surface area contributed by atoms with Crippen molar-refractivity contribution in [3.63, 3.8) is 0 Å². The zero-order valence-electron chi connectivity index (χ0n) is 12.7. The summed E-state index contributed by atoms with van der Waals surface area (Å²) in [5.74, 6) is 0.891. The van der Waals surface area contributed by atoms with Crippen LogP contribution < -0.4 is 25.3 Å². The van der Waals surface area contributed by atoms with Gasteiger partial charge in [-0.05, 0) is 37.6 Å². The molecule has 1 amide bonds. The number of methoxy groups -OCH3 is 2. The average Bonchev–Trinajstić information content (AvgIpc) is 2.98. The highest BCUT2D eigenvalue weighted by atomic mass is 16.6. The van der Waals surface area contributed by atoms with E-state index in [1.807, 2.05) is 0 Å². The van der Waals surface area contributed by atoms with Gasteiger partial charge >= 0.3 is 6.09 Å². The van der Waals surface area contributed by atoms with Crippen molar-refractivity contribution in [3.8, 4) is 17.2 Å². The van der Waals surface area contributed by atoms with Gasteiger partial charge in [0.05, 0.1) is 14.2 Å². The lowest BCUT2D eigenvalue weighted by Crippen LogP contribution is -2.17. The molecule has 0 spiro atoms. The van der Waals surface area contributed by atoms with Gasteiger partial charge in [0.15, 0.2) is 17.3 Å². The van der Waals surface area contributed by atoms with Crippen LogP contribution in [0.3, 0.4) is 0 Å². The van der Waals surface area contributed by atoms with E-state index in [2.05, 4.69) is 5.32 Å². The fraction of sp³-hybridized carbons (Fsp3) is 0.467. The molecule has 120 valence electrons. The van der Waals surface area contributed by atoms with Crippen molar-refractivity contribution in [1.82, 2.24) is 5.32 Å². The minimum absolute atomic E-state index is 0.0380. The molecule has 1 fully saturated rings. The van der Waals surface area contributed by atoms with Crippen molar-refractivity contribution in [2.45, 2.75) is 12.8 Å². The number of primary amides is 1. The van der Waals surface area contributed by atoms with Gasteiger partial charge in [-0.2, -0.15) is 0 Å². The van der Waals surface area contributed by atoms with Gasteiger partial charge in [0, 0.05) is 12.0 Å². The topological polar surface area (TPSA) is 99.9 Å². The van der Waals surface area contributed by atoms with Crippen molar-refractivity contribution in [3.05, 3.63) is 17.7 Å². The maximum atomic E-state index is 12.4. The molecule has 7 heteroatoms. The third-order valence-corrected chi connectivity index (χ3v) is 3.61. The lowest BCUT2D eigenvalue weighted by molar-refractivity contribution is 0.0963. The Morgan fingerprint density at radius 3 is 2.55 bits per heavy atom. The van der Waals surface area contributed by atoms with E-state index >= 15 is 0 Å². The monoisotopic (exact) mass is 308 g/mol. The molecule has 2 rings (SSSR count). The third kappa shape index (κ3) is 3.67. The summed E-state index contributed by atoms with van der Waals surface area (Å²) in [6, 6.07) is 3.04. The largest absolute Gasteiger partial charge is 0.493 e. The van der Waals surface area contributed by atoms with Gasteiger partial charge in [0.1, 0.15) is 0 Å². The van der Waals surface area contributed by atoms with E-state index < -0.39 is 6.09 Å². The van der Waals surface area contributed by atoms with Gasteiger partial charge in [-0.3, -0.25) is 4.79 Å². The van der Waals surface area contributed by atoms with Crippen molar-refractivity contribution in [2.24, 2.45) is 11.7 Å². The minimum atomic E-state index is -0.982. The van der Waals surface area contributed by atoms with E-state index in [0.717, 1.165) is 19.5 Å². The molecule has 0 radical (unpaired) electrons. The summed E-state index contributed by atoms with van der Waals surface area (Å²) >= 11 is 0. The Morgan fingerprint density at radius 1 is 1.27 bits per heavy atom. The van der Waals surface area contributed by atoms with E-state index in [1.165, 1.54) is 20.3 Å². The average molecular weight is 308 g/mol. The Kier molecular flexibility index (Phi) is 5.21. The number of Topliss-reactive ketones (excluding diaryl/α,β-unsaturated/α-hetero) is 1. The minimum Gasteiger partial charge on any atom is -0.493 e. The highest BCUT2D eigenvalue weighted by Gasteiger charge is 2.22. The summed E-state index contributed by atoms with van der Waals surface area (Å²) in [6.45, 7) is 1.77. The zero-order valence-corrected chi connectivity index (χ0v) is 12.7. The summed E-state index contributed by atoms with van der Waals surface area (Å²) < 4.78 is 15.3. The van der Waals surface area contributed by atoms with Crippen LogP contribution in [-0.2, 0) is 0 Å². The van der Waals surface area contributed by atoms with Gasteiger partial charge in [0.25, 0.3) is 0 Å². The number of hydrogen-bond acceptors (Lipinski definition) is 6. The molecule has 0 saturated carbocycles. The van der Waals surface area contributed by atoms with Crippen molar-refractivity contribution < 1.29 is 23.8 Å². The number of nitrogens with one attached hydrogen (secondary N) is 1. The number of ether oxygens (including phenoxy) is 3. The molecule has 3 N–H and O–H groups in total. The van der Waals surface area contributed by atoms with Crippen LogP contribution in [0.2, 0.25) is 0 Å². The van der Waals surface area contributed by atoms with E-state index in [0.29, 0.717) is 23.7 Å². The Balaban J connectivity index is 2.29. The van der Waals surface area contributed by atoms with Crippen LogP contribution in [0.1, 0.15) is 23.2 Å². The molecule has 1 unspecified atom stereocenters. The maximum Gasteiger partial charge on any atom is 0.410 e. The first-order chi connectivity index (χ1) is 10.5. The molecule has 0 bridgehead atoms. The number of ketones is 1. The number of nitrogens with two attached hydrogens (primary N) is 1. The van der Waals surface area contributed by atoms with Gasteiger partial charge in [-0.1, -0.05) is 0 Å². The number of rotatable bonds is 6. The van der Waals surface area contributed by atoms with E-state index in [4.69, 9.17) is 19.9 Å². The van der Waals surface area contributed by atoms with Gasteiger partial charge in [0.2, 0.25) is 5.75 Å². The molecule has 1 atom stereocenters. The standard InChI is InChI=1S/C15H20N2O5/c1-20-12-6-10(11(18)5-9-3-4-17-8-9)7-13(14(12)21-2)22-15(16)19/h6-7,9,17H,3-5,8H2,1-2H3,(H2,16,19). The molecular formula is C15H20N2O5. The van der Waals surface area contributed by atoms with Crippen LogP contribution in [0.25, 0.3) is 0 Å². The van der Waals surface area contributed by atoms with Crippen molar-refractivity contribution >= 4 is 11.9 Å². The van der Waals surface area contributed by atoms with Gasteiger partial charge < -0.3 is 25.3 Å². The Morgan fingerprint density at radius 2 is 2.00 bits per heavy atom. The van der Waals surface area contributed by atoms with E-state index in [1.54, 1.807) is 6.07 Å². The van der Waals surface area contributed by atoms with Crippen LogP contribution in [0.5, 0.6) is 17.2 Å². The first kappa shape index (κ1) is 16.1. The number of carbonyl (C=O) groups is 2. The number of amides is 1. The lowest BCUT2D eigenvalue weighted by Gasteiger charge is -2.14. The molecule has 1 aliphatic heterocycles. The molecule has 1 aromatic carbocycles. The highest BCUT2D eigenvalue weighted by molar-refractivity contribution is 5.97. The van der Waals surface area contributed by atoms with Gasteiger partial charge in [-0.15, -0.1) is 0 Å². The Labute approximate surface area is 128 Å². The Hall–Kier alpha value is -2.28. The third-order valence-electron chi connectivity index (χ3n) is 3.61. The van der Waals surface area contributed by atoms with Crippen molar-refractivity contribution in [2.75, 3.05) is 27.3 Å². The number of hydrogen-bond donors (Lipinski definition) is 2. The predicted octanol–water partition coefficient (Wildman–Crippen LogP) is 1.34. The molecule has 1 aromatic rings. The zero-order chi connectivity index (χ0) is 16.1. The van der Waals surface area contributed by atoms with Crippen LogP contribution in [0.4, 0.5) is 4.79 Å². The van der Waals surface area contributed by atoms with Crippen molar-refractivity contribution in [1.29, 1.82) is 0 Å². The second-order valence-electron chi connectivity index (χ2n) is 5.12. The van der Waals surface area contributed by atoms with Crippen LogP contribution in [0.15, 0.2) is 12.1 Å². The molecule has 1 aliphatic rings. The fourth-order valence-corrected chi connectivity index (χ4v) is 2.54. The van der Waals surface area contributed by atoms with E-state index in [9.17, 15) is 9.59 Å². The highest BCUT2D eigenvalue weighted by Crippen LogP contribution is 2.39. The molecule has 0 aliphatic carbocycles. The summed E-state index contributed by atoms with van der Waals surface area (Å²) in [7, 11) is 2.86. The SMILES string of the molecule is COc1cc(C(=O)CC2CCNC2)cc(OC(N)=O)c1OC. The normalized spacial score (nSPS) is 17.1. The number of carbonyl (C=O) groups excluding carboxylic acids is 2. The Bertz CT molecular complexity index is 567. The molecule has 1 heterocycles. The molecule has 1 saturated heterocycles. The first-order valence-electron chi connectivity index (χ1n) is 7.02. The van der Waals surface area contributed by atoms with Crippen LogP contribution >= 0.6 is 0 Å². The number of benzene rings is 1. The molecule has 22 heavy (non-hydrogen) atoms. The van der Waals surface area contributed by atoms with E-state index in [-0.39, 0.29) is 17.3 Å². The summed E-state index contributed by atoms with van der Waals surface area (Å²) in [6.07, 6.45) is 0.423. The summed E-state index contributed by atoms with van der Waals surface area (Å²) in [5, 5.41) is 3.22. The fourth-order valence-electron chi connectivity index (χ4n) is 2.54. The molecule has 7 nitrogen and oxygen atoms in total. The summed E-state index contributed by atoms with van der Waals surface area (Å²) in [4.78, 5) is 23.4. The maximum absolute atomic E-state index is 12.4. The smallest absolute Gasteiger partial charge is 0.410 e. The quantitative estimate of drug-likeness (QED) is 0.769. The lowest BCUT2D eigenvalue weighted by atomic mass is 9.97. The molecular weight excluding hydrogens is 288 g/mol. The second-order valence-corrected chi connectivity index (χ2v) is 5.12. The van der Waals surface area contributed by atoms with Gasteiger partial charge in [-0.25, -0.2) is 4.79 Å². The predicted molar refractivity (Wildman–Crippen MR) is 79.7 cm³/mol. The first-order valence-corrected chi connectivity index (χ1v) is 7.02. The second kappa shape index (κ2) is 7.13. The molecule has 0 aromatic heterocycles. The van der Waals surface area contributed by atoms with Crippen LogP contribution in [-0.4, -0.2) is 39.2 Å². The summed E-state index contributed by atoms with van der Waals surface area (Å²) in [5.41, 5.74) is 5.45. The van der Waals surface area contributed by atoms with Crippen LogP contribution in [0, 0.1) is 5.92 Å².